The highest BCUT2D eigenvalue weighted by atomic mass is 14.4. The van der Waals surface area contributed by atoms with Gasteiger partial charge in [-0.25, -0.2) is 0 Å². The summed E-state index contributed by atoms with van der Waals surface area (Å²) in [6.07, 6.45) is 0.974. The van der Waals surface area contributed by atoms with E-state index in [9.17, 15) is 0 Å². The number of fused-ring (bicyclic) bond motifs is 3. The summed E-state index contributed by atoms with van der Waals surface area (Å²) in [5.74, 6) is 0.278. The van der Waals surface area contributed by atoms with Crippen molar-refractivity contribution in [3.63, 3.8) is 0 Å². The van der Waals surface area contributed by atoms with Crippen LogP contribution in [0.25, 0.3) is 11.1 Å². The van der Waals surface area contributed by atoms with Crippen molar-refractivity contribution < 1.29 is 0 Å². The van der Waals surface area contributed by atoms with Crippen LogP contribution in [0.4, 0.5) is 0 Å². The van der Waals surface area contributed by atoms with Crippen molar-refractivity contribution in [1.82, 2.24) is 0 Å². The molecule has 1 aliphatic rings. The molecule has 5 rings (SSSR count). The van der Waals surface area contributed by atoms with Crippen LogP contribution in [-0.4, -0.2) is 0 Å². The van der Waals surface area contributed by atoms with Gasteiger partial charge in [0.1, 0.15) is 0 Å². The van der Waals surface area contributed by atoms with Gasteiger partial charge in [0.15, 0.2) is 0 Å². The molecule has 0 unspecified atom stereocenters. The molecule has 0 atom stereocenters. The number of rotatable bonds is 3. The summed E-state index contributed by atoms with van der Waals surface area (Å²) in [6.45, 7) is 13.8. The largest absolute Gasteiger partial charge is 0.0622 e. The summed E-state index contributed by atoms with van der Waals surface area (Å²) < 4.78 is 0. The molecule has 0 saturated carbocycles. The van der Waals surface area contributed by atoms with E-state index in [1.165, 1.54) is 50.1 Å². The van der Waals surface area contributed by atoms with Gasteiger partial charge >= 0.3 is 0 Å². The summed E-state index contributed by atoms with van der Waals surface area (Å²) in [5.41, 5.74) is 12.8. The molecule has 0 amide bonds. The summed E-state index contributed by atoms with van der Waals surface area (Å²) in [6, 6.07) is 34.4. The maximum absolute atomic E-state index is 2.47. The molecule has 0 nitrogen and oxygen atoms in total. The molecule has 4 aromatic rings. The molecule has 172 valence electrons. The maximum Gasteiger partial charge on any atom is 0.0352 e. The molecule has 0 radical (unpaired) electrons. The first-order valence-electron chi connectivity index (χ1n) is 12.5. The molecule has 0 N–H and O–H groups in total. The molecule has 0 fully saturated rings. The normalized spacial score (nSPS) is 13.6. The van der Waals surface area contributed by atoms with Crippen LogP contribution in [0.5, 0.6) is 0 Å². The van der Waals surface area contributed by atoms with Crippen LogP contribution in [0.15, 0.2) is 91.0 Å². The van der Waals surface area contributed by atoms with Crippen LogP contribution in [-0.2, 0) is 17.3 Å². The predicted molar refractivity (Wildman–Crippen MR) is 146 cm³/mol. The number of hydrogen-bond donors (Lipinski definition) is 0. The highest BCUT2D eigenvalue weighted by Gasteiger charge is 2.32. The number of hydrogen-bond acceptors (Lipinski definition) is 0. The van der Waals surface area contributed by atoms with Crippen LogP contribution in [0, 0.1) is 0 Å². The molecule has 0 heteroatoms. The van der Waals surface area contributed by atoms with Crippen LogP contribution >= 0.6 is 0 Å². The second-order valence-electron chi connectivity index (χ2n) is 11.9. The van der Waals surface area contributed by atoms with Crippen molar-refractivity contribution in [2.24, 2.45) is 0 Å². The molecule has 34 heavy (non-hydrogen) atoms. The molecule has 4 aromatic carbocycles. The lowest BCUT2D eigenvalue weighted by molar-refractivity contribution is 0.589. The van der Waals surface area contributed by atoms with E-state index in [0.717, 1.165) is 6.42 Å². The van der Waals surface area contributed by atoms with Crippen molar-refractivity contribution in [1.29, 1.82) is 0 Å². The third-order valence-electron chi connectivity index (χ3n) is 7.31. The Hall–Kier alpha value is -3.12. The van der Waals surface area contributed by atoms with E-state index in [-0.39, 0.29) is 16.7 Å². The summed E-state index contributed by atoms with van der Waals surface area (Å²) in [5, 5.41) is 0. The fourth-order valence-electron chi connectivity index (χ4n) is 5.21. The topological polar surface area (TPSA) is 0 Å². The minimum absolute atomic E-state index is 0.129. The first-order valence-corrected chi connectivity index (χ1v) is 12.5. The Kier molecular flexibility index (Phi) is 5.52. The van der Waals surface area contributed by atoms with Gasteiger partial charge in [0.25, 0.3) is 0 Å². The van der Waals surface area contributed by atoms with Crippen molar-refractivity contribution in [2.75, 3.05) is 0 Å². The van der Waals surface area contributed by atoms with Crippen LogP contribution in [0.2, 0.25) is 0 Å². The lowest BCUT2D eigenvalue weighted by Gasteiger charge is -2.23. The van der Waals surface area contributed by atoms with Crippen LogP contribution in [0.1, 0.15) is 86.4 Å². The lowest BCUT2D eigenvalue weighted by atomic mass is 9.81. The zero-order valence-corrected chi connectivity index (χ0v) is 21.4. The maximum atomic E-state index is 2.47. The highest BCUT2D eigenvalue weighted by molar-refractivity contribution is 5.81. The molecule has 0 heterocycles. The minimum Gasteiger partial charge on any atom is -0.0622 e. The van der Waals surface area contributed by atoms with Crippen LogP contribution < -0.4 is 0 Å². The molecule has 0 aromatic heterocycles. The molecular formula is C34H36. The highest BCUT2D eigenvalue weighted by Crippen LogP contribution is 2.50. The van der Waals surface area contributed by atoms with E-state index in [1.807, 2.05) is 0 Å². The van der Waals surface area contributed by atoms with Gasteiger partial charge in [0.2, 0.25) is 0 Å². The summed E-state index contributed by atoms with van der Waals surface area (Å²) >= 11 is 0. The van der Waals surface area contributed by atoms with Crippen molar-refractivity contribution in [2.45, 2.75) is 64.7 Å². The molecule has 1 aliphatic carbocycles. The van der Waals surface area contributed by atoms with E-state index < -0.39 is 0 Å². The second kappa shape index (κ2) is 8.27. The summed E-state index contributed by atoms with van der Waals surface area (Å²) in [4.78, 5) is 0. The van der Waals surface area contributed by atoms with E-state index in [1.54, 1.807) is 0 Å². The van der Waals surface area contributed by atoms with E-state index >= 15 is 0 Å². The molecule has 0 saturated heterocycles. The molecular weight excluding hydrogens is 408 g/mol. The smallest absolute Gasteiger partial charge is 0.0352 e. The standard InChI is InChI=1S/C34H36/c1-33(2,3)26-16-18-28-29-19-17-27(34(4,5)6)22-31(29)32(30(28)21-26)25-14-12-24(13-15-25)20-23-10-8-7-9-11-23/h7-19,21-22,32H,20H2,1-6H3. The summed E-state index contributed by atoms with van der Waals surface area (Å²) in [7, 11) is 0. The van der Waals surface area contributed by atoms with Gasteiger partial charge in [0, 0.05) is 5.92 Å². The first kappa shape index (κ1) is 22.7. The fourth-order valence-corrected chi connectivity index (χ4v) is 5.21. The number of benzene rings is 4. The Morgan fingerprint density at radius 3 is 1.47 bits per heavy atom. The van der Waals surface area contributed by atoms with Crippen molar-refractivity contribution >= 4 is 0 Å². The van der Waals surface area contributed by atoms with Crippen LogP contribution in [0.3, 0.4) is 0 Å². The Labute approximate surface area is 205 Å². The molecule has 0 aliphatic heterocycles. The van der Waals surface area contributed by atoms with E-state index in [2.05, 4.69) is 133 Å². The zero-order chi connectivity index (χ0) is 24.1. The fraction of sp³-hybridized carbons (Fsp3) is 0.294. The Balaban J connectivity index is 1.61. The van der Waals surface area contributed by atoms with Gasteiger partial charge in [-0.15, -0.1) is 0 Å². The van der Waals surface area contributed by atoms with E-state index in [4.69, 9.17) is 0 Å². The van der Waals surface area contributed by atoms with Gasteiger partial charge in [-0.2, -0.15) is 0 Å². The quantitative estimate of drug-likeness (QED) is 0.260. The monoisotopic (exact) mass is 444 g/mol. The van der Waals surface area contributed by atoms with Gasteiger partial charge in [-0.05, 0) is 67.3 Å². The third kappa shape index (κ3) is 4.23. The van der Waals surface area contributed by atoms with Gasteiger partial charge < -0.3 is 0 Å². The average molecular weight is 445 g/mol. The second-order valence-corrected chi connectivity index (χ2v) is 11.9. The third-order valence-corrected chi connectivity index (χ3v) is 7.31. The SMILES string of the molecule is CC(C)(C)c1ccc2c(c1)C(c1ccc(Cc3ccccc3)cc1)c1cc(C(C)(C)C)ccc1-2. The predicted octanol–water partition coefficient (Wildman–Crippen LogP) is 9.03. The molecule has 0 spiro atoms. The van der Waals surface area contributed by atoms with Gasteiger partial charge in [0.05, 0.1) is 0 Å². The van der Waals surface area contributed by atoms with Gasteiger partial charge in [-0.3, -0.25) is 0 Å². The Morgan fingerprint density at radius 2 is 1.00 bits per heavy atom. The Bertz CT molecular complexity index is 1250. The minimum atomic E-state index is 0.129. The van der Waals surface area contributed by atoms with Crippen molar-refractivity contribution in [3.8, 4) is 11.1 Å². The van der Waals surface area contributed by atoms with Gasteiger partial charge in [-0.1, -0.05) is 133 Å². The molecule has 0 bridgehead atoms. The van der Waals surface area contributed by atoms with E-state index in [0.29, 0.717) is 0 Å². The zero-order valence-electron chi connectivity index (χ0n) is 21.4. The lowest BCUT2D eigenvalue weighted by Crippen LogP contribution is -2.12. The first-order chi connectivity index (χ1) is 16.1. The Morgan fingerprint density at radius 1 is 0.529 bits per heavy atom. The van der Waals surface area contributed by atoms with Crippen molar-refractivity contribution in [3.05, 3.63) is 130 Å². The average Bonchev–Trinajstić information content (AvgIpc) is 3.12.